The Hall–Kier alpha value is -2.82. The Balaban J connectivity index is 1.95. The number of rotatable bonds is 4. The van der Waals surface area contributed by atoms with Gasteiger partial charge in [-0.25, -0.2) is 5.43 Å². The van der Waals surface area contributed by atoms with Gasteiger partial charge in [0, 0.05) is 5.56 Å². The number of phenols is 1. The summed E-state index contributed by atoms with van der Waals surface area (Å²) < 4.78 is 5.02. The Kier molecular flexibility index (Phi) is 4.34. The maximum atomic E-state index is 11.8. The fraction of sp³-hybridized carbons (Fsp3) is 0.0667. The number of methoxy groups -OCH3 is 1. The number of carbonyl (C=O) groups excluding carboxylic acids is 1. The molecule has 1 amide bonds. The number of ether oxygens (including phenoxy) is 1. The van der Waals surface area contributed by atoms with Crippen LogP contribution in [-0.2, 0) is 0 Å². The molecule has 0 aliphatic rings. The third-order valence-electron chi connectivity index (χ3n) is 2.63. The molecule has 0 fully saturated rings. The van der Waals surface area contributed by atoms with Crippen molar-refractivity contribution in [2.75, 3.05) is 7.11 Å². The number of hydrogen-bond acceptors (Lipinski definition) is 4. The molecule has 102 valence electrons. The number of benzene rings is 2. The van der Waals surface area contributed by atoms with Gasteiger partial charge >= 0.3 is 0 Å². The number of hydrazone groups is 1. The Morgan fingerprint density at radius 2 is 1.80 bits per heavy atom. The number of aromatic hydroxyl groups is 1. The SMILES string of the molecule is COc1ccc(C(=O)NN=Cc2ccc(O)cc2)cc1. The Morgan fingerprint density at radius 3 is 2.40 bits per heavy atom. The third kappa shape index (κ3) is 3.58. The third-order valence-corrected chi connectivity index (χ3v) is 2.63. The zero-order valence-electron chi connectivity index (χ0n) is 10.9. The van der Waals surface area contributed by atoms with Crippen molar-refractivity contribution in [3.8, 4) is 11.5 Å². The van der Waals surface area contributed by atoms with E-state index in [9.17, 15) is 4.79 Å². The molecule has 0 bridgehead atoms. The Morgan fingerprint density at radius 1 is 1.15 bits per heavy atom. The first-order valence-electron chi connectivity index (χ1n) is 5.95. The summed E-state index contributed by atoms with van der Waals surface area (Å²) in [5.41, 5.74) is 3.70. The van der Waals surface area contributed by atoms with Crippen molar-refractivity contribution in [2.24, 2.45) is 5.10 Å². The second-order valence-electron chi connectivity index (χ2n) is 4.02. The van der Waals surface area contributed by atoms with Gasteiger partial charge in [-0.1, -0.05) is 0 Å². The highest BCUT2D eigenvalue weighted by atomic mass is 16.5. The number of carbonyl (C=O) groups is 1. The maximum Gasteiger partial charge on any atom is 0.271 e. The average Bonchev–Trinajstić information content (AvgIpc) is 2.49. The molecule has 0 aliphatic carbocycles. The Labute approximate surface area is 116 Å². The molecule has 0 saturated carbocycles. The molecule has 0 atom stereocenters. The van der Waals surface area contributed by atoms with Crippen LogP contribution in [0.25, 0.3) is 0 Å². The summed E-state index contributed by atoms with van der Waals surface area (Å²) in [6, 6.07) is 13.2. The molecule has 0 aliphatic heterocycles. The lowest BCUT2D eigenvalue weighted by atomic mass is 10.2. The number of nitrogens with one attached hydrogen (secondary N) is 1. The van der Waals surface area contributed by atoms with Crippen LogP contribution in [0, 0.1) is 0 Å². The monoisotopic (exact) mass is 270 g/mol. The first kappa shape index (κ1) is 13.6. The predicted octanol–water partition coefficient (Wildman–Crippen LogP) is 2.16. The smallest absolute Gasteiger partial charge is 0.271 e. The second-order valence-corrected chi connectivity index (χ2v) is 4.02. The van der Waals surface area contributed by atoms with Crippen molar-refractivity contribution in [1.82, 2.24) is 5.43 Å². The quantitative estimate of drug-likeness (QED) is 0.660. The summed E-state index contributed by atoms with van der Waals surface area (Å²) in [6.45, 7) is 0. The van der Waals surface area contributed by atoms with Crippen LogP contribution in [0.1, 0.15) is 15.9 Å². The van der Waals surface area contributed by atoms with Crippen molar-refractivity contribution in [3.63, 3.8) is 0 Å². The van der Waals surface area contributed by atoms with Crippen LogP contribution in [0.3, 0.4) is 0 Å². The van der Waals surface area contributed by atoms with Crippen LogP contribution in [0.15, 0.2) is 53.6 Å². The minimum absolute atomic E-state index is 0.185. The van der Waals surface area contributed by atoms with Gasteiger partial charge in [-0.2, -0.15) is 5.10 Å². The summed E-state index contributed by atoms with van der Waals surface area (Å²) in [4.78, 5) is 11.8. The van der Waals surface area contributed by atoms with E-state index in [1.165, 1.54) is 6.21 Å². The summed E-state index contributed by atoms with van der Waals surface area (Å²) in [5, 5.41) is 13.0. The molecule has 2 N–H and O–H groups in total. The molecule has 0 saturated heterocycles. The zero-order valence-corrected chi connectivity index (χ0v) is 10.9. The Bertz CT molecular complexity index is 604. The molecular weight excluding hydrogens is 256 g/mol. The number of hydrogen-bond donors (Lipinski definition) is 2. The molecule has 0 radical (unpaired) electrons. The van der Waals surface area contributed by atoms with E-state index in [2.05, 4.69) is 10.5 Å². The van der Waals surface area contributed by atoms with Gasteiger partial charge in [-0.3, -0.25) is 4.79 Å². The molecule has 5 heteroatoms. The topological polar surface area (TPSA) is 70.9 Å². The van der Waals surface area contributed by atoms with Crippen LogP contribution < -0.4 is 10.2 Å². The highest BCUT2D eigenvalue weighted by Gasteiger charge is 2.03. The maximum absolute atomic E-state index is 11.8. The van der Waals surface area contributed by atoms with Crippen LogP contribution in [-0.4, -0.2) is 24.3 Å². The lowest BCUT2D eigenvalue weighted by Crippen LogP contribution is -2.17. The van der Waals surface area contributed by atoms with Crippen LogP contribution in [0.5, 0.6) is 11.5 Å². The molecule has 0 unspecified atom stereocenters. The molecule has 20 heavy (non-hydrogen) atoms. The number of phenolic OH excluding ortho intramolecular Hbond substituents is 1. The van der Waals surface area contributed by atoms with Crippen molar-refractivity contribution >= 4 is 12.1 Å². The van der Waals surface area contributed by atoms with E-state index < -0.39 is 0 Å². The molecule has 0 aromatic heterocycles. The largest absolute Gasteiger partial charge is 0.508 e. The van der Waals surface area contributed by atoms with E-state index in [1.807, 2.05) is 0 Å². The van der Waals surface area contributed by atoms with Crippen molar-refractivity contribution < 1.29 is 14.6 Å². The van der Waals surface area contributed by atoms with Gasteiger partial charge in [-0.05, 0) is 54.1 Å². The van der Waals surface area contributed by atoms with Gasteiger partial charge in [0.05, 0.1) is 13.3 Å². The van der Waals surface area contributed by atoms with E-state index in [0.29, 0.717) is 11.3 Å². The second kappa shape index (κ2) is 6.38. The van der Waals surface area contributed by atoms with Gasteiger partial charge in [-0.15, -0.1) is 0 Å². The standard InChI is InChI=1S/C15H14N2O3/c1-20-14-8-4-12(5-9-14)15(19)17-16-10-11-2-6-13(18)7-3-11/h2-10,18H,1H3,(H,17,19). The van der Waals surface area contributed by atoms with Crippen molar-refractivity contribution in [1.29, 1.82) is 0 Å². The molecular formula is C15H14N2O3. The van der Waals surface area contributed by atoms with E-state index in [-0.39, 0.29) is 11.7 Å². The molecule has 2 aromatic rings. The van der Waals surface area contributed by atoms with Gasteiger partial charge in [0.25, 0.3) is 5.91 Å². The minimum atomic E-state index is -0.303. The average molecular weight is 270 g/mol. The van der Waals surface area contributed by atoms with Crippen LogP contribution in [0.4, 0.5) is 0 Å². The fourth-order valence-electron chi connectivity index (χ4n) is 1.53. The van der Waals surface area contributed by atoms with Crippen molar-refractivity contribution in [2.45, 2.75) is 0 Å². The van der Waals surface area contributed by atoms with Gasteiger partial charge in [0.2, 0.25) is 0 Å². The molecule has 0 spiro atoms. The van der Waals surface area contributed by atoms with Gasteiger partial charge in [0.15, 0.2) is 0 Å². The zero-order chi connectivity index (χ0) is 14.4. The summed E-state index contributed by atoms with van der Waals surface area (Å²) >= 11 is 0. The molecule has 2 rings (SSSR count). The van der Waals surface area contributed by atoms with Crippen molar-refractivity contribution in [3.05, 3.63) is 59.7 Å². The van der Waals surface area contributed by atoms with Gasteiger partial charge < -0.3 is 9.84 Å². The highest BCUT2D eigenvalue weighted by molar-refractivity contribution is 5.94. The van der Waals surface area contributed by atoms with Gasteiger partial charge in [0.1, 0.15) is 11.5 Å². The minimum Gasteiger partial charge on any atom is -0.508 e. The predicted molar refractivity (Wildman–Crippen MR) is 76.2 cm³/mol. The van der Waals surface area contributed by atoms with E-state index >= 15 is 0 Å². The van der Waals surface area contributed by atoms with E-state index in [4.69, 9.17) is 9.84 Å². The lowest BCUT2D eigenvalue weighted by molar-refractivity contribution is 0.0955. The molecule has 0 heterocycles. The first-order valence-corrected chi connectivity index (χ1v) is 5.95. The summed E-state index contributed by atoms with van der Waals surface area (Å²) in [6.07, 6.45) is 1.50. The van der Waals surface area contributed by atoms with E-state index in [0.717, 1.165) is 5.56 Å². The normalized spacial score (nSPS) is 10.4. The number of amides is 1. The first-order chi connectivity index (χ1) is 9.69. The lowest BCUT2D eigenvalue weighted by Gasteiger charge is -2.02. The number of nitrogens with zero attached hydrogens (tertiary/aromatic N) is 1. The van der Waals surface area contributed by atoms with Crippen LogP contribution >= 0.6 is 0 Å². The molecule has 2 aromatic carbocycles. The highest BCUT2D eigenvalue weighted by Crippen LogP contribution is 2.11. The summed E-state index contributed by atoms with van der Waals surface area (Å²) in [7, 11) is 1.57. The molecule has 5 nitrogen and oxygen atoms in total. The summed E-state index contributed by atoms with van der Waals surface area (Å²) in [5.74, 6) is 0.571. The van der Waals surface area contributed by atoms with E-state index in [1.54, 1.807) is 55.6 Å². The fourth-order valence-corrected chi connectivity index (χ4v) is 1.53. The van der Waals surface area contributed by atoms with Crippen LogP contribution in [0.2, 0.25) is 0 Å².